The summed E-state index contributed by atoms with van der Waals surface area (Å²) in [6.45, 7) is 6.47. The van der Waals surface area contributed by atoms with Gasteiger partial charge in [-0.3, -0.25) is 9.69 Å². The number of Topliss-reactive ketones (excluding diaryl/α,β-unsaturated/α-hetero) is 1. The highest BCUT2D eigenvalue weighted by Crippen LogP contribution is 2.64. The Morgan fingerprint density at radius 2 is 1.45 bits per heavy atom. The molecule has 176 valence electrons. The third-order valence-corrected chi connectivity index (χ3v) is 10.8. The second-order valence-corrected chi connectivity index (χ2v) is 12.6. The van der Waals surface area contributed by atoms with Gasteiger partial charge in [-0.25, -0.2) is 8.42 Å². The molecule has 2 aromatic rings. The molecule has 2 aliphatic carbocycles. The molecule has 5 rings (SSSR count). The van der Waals surface area contributed by atoms with Crippen LogP contribution in [-0.2, 0) is 14.8 Å². The van der Waals surface area contributed by atoms with Crippen molar-refractivity contribution >= 4 is 15.8 Å². The molecule has 0 N–H and O–H groups in total. The summed E-state index contributed by atoms with van der Waals surface area (Å²) in [6, 6.07) is 20.9. The Morgan fingerprint density at radius 3 is 1.91 bits per heavy atom. The van der Waals surface area contributed by atoms with Crippen molar-refractivity contribution in [1.82, 2.24) is 9.21 Å². The Hall–Kier alpha value is -2.02. The predicted molar refractivity (Wildman–Crippen MR) is 130 cm³/mol. The molecule has 6 heteroatoms. The summed E-state index contributed by atoms with van der Waals surface area (Å²) in [7, 11) is -3.51. The van der Waals surface area contributed by atoms with E-state index in [4.69, 9.17) is 0 Å². The quantitative estimate of drug-likeness (QED) is 0.643. The smallest absolute Gasteiger partial charge is 0.215 e. The number of nitrogens with zero attached hydrogens (tertiary/aromatic N) is 2. The zero-order valence-electron chi connectivity index (χ0n) is 19.6. The average molecular weight is 467 g/mol. The Kier molecular flexibility index (Phi) is 5.74. The standard InChI is InChI=1S/C27H34N2O3S/c1-26(2)23-13-14-27(26,24(30)19-23)20-33(31,32)29-17-15-28(16-18-29)25(21-9-5-3-6-10-21)22-11-7-4-8-12-22/h3-12,23,25H,13-20H2,1-2H3. The van der Waals surface area contributed by atoms with Gasteiger partial charge in [0.05, 0.1) is 11.8 Å². The molecule has 0 aromatic heterocycles. The fourth-order valence-electron chi connectivity index (χ4n) is 6.64. The lowest BCUT2D eigenvalue weighted by Gasteiger charge is -2.41. The van der Waals surface area contributed by atoms with Gasteiger partial charge in [-0.05, 0) is 35.3 Å². The van der Waals surface area contributed by atoms with Crippen LogP contribution in [0.5, 0.6) is 0 Å². The van der Waals surface area contributed by atoms with Gasteiger partial charge in [0.1, 0.15) is 5.78 Å². The van der Waals surface area contributed by atoms with Gasteiger partial charge in [-0.2, -0.15) is 4.31 Å². The van der Waals surface area contributed by atoms with Crippen molar-refractivity contribution in [3.8, 4) is 0 Å². The maximum absolute atomic E-state index is 13.5. The highest BCUT2D eigenvalue weighted by Gasteiger charge is 2.65. The molecule has 3 fully saturated rings. The van der Waals surface area contributed by atoms with Crippen LogP contribution >= 0.6 is 0 Å². The third kappa shape index (κ3) is 3.76. The van der Waals surface area contributed by atoms with Crippen LogP contribution in [0, 0.1) is 16.7 Å². The molecule has 2 atom stereocenters. The van der Waals surface area contributed by atoms with Crippen molar-refractivity contribution in [2.24, 2.45) is 16.7 Å². The number of benzene rings is 2. The molecule has 1 saturated heterocycles. The zero-order chi connectivity index (χ0) is 23.3. The summed E-state index contributed by atoms with van der Waals surface area (Å²) in [5.41, 5.74) is 1.50. The first-order valence-corrected chi connectivity index (χ1v) is 13.7. The van der Waals surface area contributed by atoms with Crippen LogP contribution in [0.15, 0.2) is 60.7 Å². The molecule has 2 bridgehead atoms. The van der Waals surface area contributed by atoms with E-state index >= 15 is 0 Å². The van der Waals surface area contributed by atoms with Crippen LogP contribution < -0.4 is 0 Å². The first-order valence-electron chi connectivity index (χ1n) is 12.1. The van der Waals surface area contributed by atoms with Gasteiger partial charge in [0.2, 0.25) is 10.0 Å². The van der Waals surface area contributed by atoms with Gasteiger partial charge in [0.15, 0.2) is 0 Å². The van der Waals surface area contributed by atoms with Crippen molar-refractivity contribution in [3.63, 3.8) is 0 Å². The molecule has 1 aliphatic heterocycles. The van der Waals surface area contributed by atoms with E-state index in [0.29, 0.717) is 44.9 Å². The molecular formula is C27H34N2O3S. The highest BCUT2D eigenvalue weighted by molar-refractivity contribution is 7.89. The fraction of sp³-hybridized carbons (Fsp3) is 0.519. The molecule has 0 radical (unpaired) electrons. The van der Waals surface area contributed by atoms with Gasteiger partial charge in [-0.15, -0.1) is 0 Å². The minimum absolute atomic E-state index is 0.0247. The summed E-state index contributed by atoms with van der Waals surface area (Å²) in [6.07, 6.45) is 2.23. The number of sulfonamides is 1. The second kappa shape index (κ2) is 8.33. The summed E-state index contributed by atoms with van der Waals surface area (Å²) >= 11 is 0. The number of rotatable bonds is 6. The molecule has 2 unspecified atom stereocenters. The highest BCUT2D eigenvalue weighted by atomic mass is 32.2. The van der Waals surface area contributed by atoms with Gasteiger partial charge < -0.3 is 0 Å². The maximum Gasteiger partial charge on any atom is 0.215 e. The van der Waals surface area contributed by atoms with Crippen molar-refractivity contribution in [1.29, 1.82) is 0 Å². The van der Waals surface area contributed by atoms with Crippen LogP contribution in [-0.4, -0.2) is 55.3 Å². The van der Waals surface area contributed by atoms with Crippen molar-refractivity contribution < 1.29 is 13.2 Å². The van der Waals surface area contributed by atoms with E-state index in [1.54, 1.807) is 4.31 Å². The van der Waals surface area contributed by atoms with E-state index in [0.717, 1.165) is 6.42 Å². The van der Waals surface area contributed by atoms with Crippen LogP contribution in [0.3, 0.4) is 0 Å². The van der Waals surface area contributed by atoms with Crippen LogP contribution in [0.25, 0.3) is 0 Å². The molecule has 0 spiro atoms. The fourth-order valence-corrected chi connectivity index (χ4v) is 8.84. The van der Waals surface area contributed by atoms with Crippen LogP contribution in [0.1, 0.15) is 50.3 Å². The third-order valence-electron chi connectivity index (χ3n) is 8.83. The number of hydrogen-bond donors (Lipinski definition) is 0. The Labute approximate surface area is 197 Å². The number of piperazine rings is 1. The van der Waals surface area contributed by atoms with E-state index in [-0.39, 0.29) is 23.0 Å². The lowest BCUT2D eigenvalue weighted by Crippen LogP contribution is -2.53. The monoisotopic (exact) mass is 466 g/mol. The summed E-state index contributed by atoms with van der Waals surface area (Å²) < 4.78 is 28.7. The van der Waals surface area contributed by atoms with Crippen molar-refractivity contribution in [2.75, 3.05) is 31.9 Å². The topological polar surface area (TPSA) is 57.7 Å². The largest absolute Gasteiger partial charge is 0.299 e. The maximum atomic E-state index is 13.5. The van der Waals surface area contributed by atoms with E-state index in [1.165, 1.54) is 11.1 Å². The Morgan fingerprint density at radius 1 is 0.909 bits per heavy atom. The second-order valence-electron chi connectivity index (χ2n) is 10.6. The molecule has 33 heavy (non-hydrogen) atoms. The Bertz CT molecular complexity index is 1070. The first-order chi connectivity index (χ1) is 15.7. The van der Waals surface area contributed by atoms with Gasteiger partial charge in [0.25, 0.3) is 0 Å². The Balaban J connectivity index is 1.33. The molecule has 0 amide bonds. The predicted octanol–water partition coefficient (Wildman–Crippen LogP) is 4.12. The number of carbonyl (C=O) groups is 1. The SMILES string of the molecule is CC1(C)C2CCC1(CS(=O)(=O)N1CCN(C(c3ccccc3)c3ccccc3)CC1)C(=O)C2. The molecular weight excluding hydrogens is 432 g/mol. The first kappa shape index (κ1) is 22.8. The van der Waals surface area contributed by atoms with Gasteiger partial charge in [0, 0.05) is 38.0 Å². The van der Waals surface area contributed by atoms with Gasteiger partial charge in [-0.1, -0.05) is 74.5 Å². The lowest BCUT2D eigenvalue weighted by atomic mass is 9.70. The number of ketones is 1. The van der Waals surface area contributed by atoms with E-state index < -0.39 is 15.4 Å². The number of hydrogen-bond acceptors (Lipinski definition) is 4. The van der Waals surface area contributed by atoms with Crippen LogP contribution in [0.2, 0.25) is 0 Å². The number of fused-ring (bicyclic) bond motifs is 2. The van der Waals surface area contributed by atoms with Gasteiger partial charge >= 0.3 is 0 Å². The molecule has 1 heterocycles. The van der Waals surface area contributed by atoms with Crippen molar-refractivity contribution in [3.05, 3.63) is 71.8 Å². The summed E-state index contributed by atoms with van der Waals surface area (Å²) in [5, 5.41) is 0. The van der Waals surface area contributed by atoms with E-state index in [9.17, 15) is 13.2 Å². The molecule has 5 nitrogen and oxygen atoms in total. The number of carbonyl (C=O) groups excluding carboxylic acids is 1. The molecule has 2 saturated carbocycles. The average Bonchev–Trinajstić information content (AvgIpc) is 3.15. The summed E-state index contributed by atoms with van der Waals surface area (Å²) in [4.78, 5) is 15.3. The zero-order valence-corrected chi connectivity index (χ0v) is 20.4. The summed E-state index contributed by atoms with van der Waals surface area (Å²) in [5.74, 6) is 0.470. The van der Waals surface area contributed by atoms with Crippen LogP contribution in [0.4, 0.5) is 0 Å². The van der Waals surface area contributed by atoms with E-state index in [1.807, 2.05) is 12.1 Å². The minimum Gasteiger partial charge on any atom is -0.299 e. The van der Waals surface area contributed by atoms with E-state index in [2.05, 4.69) is 67.3 Å². The molecule has 3 aliphatic rings. The molecule has 2 aromatic carbocycles. The van der Waals surface area contributed by atoms with Crippen molar-refractivity contribution in [2.45, 2.75) is 39.2 Å². The lowest BCUT2D eigenvalue weighted by molar-refractivity contribution is -0.128. The minimum atomic E-state index is -3.51. The normalized spacial score (nSPS) is 28.0.